The minimum atomic E-state index is -0.721. The fourth-order valence-electron chi connectivity index (χ4n) is 0.608. The first-order valence-electron chi connectivity index (χ1n) is 2.68. The Hall–Kier alpha value is -1.39. The smallest absolute Gasteiger partial charge is 0.429 e. The Bertz CT molecular complexity index is 220. The van der Waals surface area contributed by atoms with Crippen LogP contribution in [0.2, 0.25) is 0 Å². The van der Waals surface area contributed by atoms with Gasteiger partial charge in [-0.05, 0) is 6.92 Å². The van der Waals surface area contributed by atoms with Crippen molar-refractivity contribution in [2.45, 2.75) is 13.0 Å². The second kappa shape index (κ2) is 2.09. The first-order chi connectivity index (χ1) is 4.61. The van der Waals surface area contributed by atoms with Crippen molar-refractivity contribution >= 4 is 5.78 Å². The van der Waals surface area contributed by atoms with Crippen molar-refractivity contribution in [3.05, 3.63) is 22.1 Å². The highest BCUT2D eigenvalue weighted by Gasteiger charge is 2.29. The Morgan fingerprint density at radius 3 is 2.60 bits per heavy atom. The lowest BCUT2D eigenvalue weighted by molar-refractivity contribution is -0.463. The van der Waals surface area contributed by atoms with Crippen molar-refractivity contribution < 1.29 is 14.5 Å². The van der Waals surface area contributed by atoms with Crippen molar-refractivity contribution in [1.82, 2.24) is 0 Å². The van der Waals surface area contributed by atoms with Gasteiger partial charge in [-0.1, -0.05) is 0 Å². The SMILES string of the molecule is CC1OC([N+](=O)[O-])=CC1=O. The zero-order valence-electron chi connectivity index (χ0n) is 5.23. The molecule has 10 heavy (non-hydrogen) atoms. The predicted molar refractivity (Wildman–Crippen MR) is 30.6 cm³/mol. The van der Waals surface area contributed by atoms with Gasteiger partial charge in [0, 0.05) is 0 Å². The average Bonchev–Trinajstić information content (AvgIpc) is 2.13. The number of ketones is 1. The van der Waals surface area contributed by atoms with Crippen LogP contribution in [0.1, 0.15) is 6.92 Å². The van der Waals surface area contributed by atoms with Gasteiger partial charge in [0.1, 0.15) is 11.0 Å². The average molecular weight is 143 g/mol. The van der Waals surface area contributed by atoms with Gasteiger partial charge in [0.05, 0.1) is 0 Å². The molecule has 0 aliphatic carbocycles. The lowest BCUT2D eigenvalue weighted by atomic mass is 10.3. The molecule has 1 rings (SSSR count). The van der Waals surface area contributed by atoms with E-state index in [1.54, 1.807) is 0 Å². The molecule has 0 N–H and O–H groups in total. The van der Waals surface area contributed by atoms with Crippen LogP contribution in [0, 0.1) is 10.1 Å². The van der Waals surface area contributed by atoms with Gasteiger partial charge in [0.15, 0.2) is 6.10 Å². The van der Waals surface area contributed by atoms with Crippen LogP contribution in [-0.2, 0) is 9.53 Å². The van der Waals surface area contributed by atoms with Crippen LogP contribution in [0.15, 0.2) is 12.0 Å². The number of nitrogens with zero attached hydrogens (tertiary/aromatic N) is 1. The molecular weight excluding hydrogens is 138 g/mol. The number of rotatable bonds is 1. The first-order valence-corrected chi connectivity index (χ1v) is 2.68. The molecule has 5 heteroatoms. The Balaban J connectivity index is 2.77. The van der Waals surface area contributed by atoms with Gasteiger partial charge in [-0.25, -0.2) is 0 Å². The molecule has 0 aromatic rings. The van der Waals surface area contributed by atoms with Crippen LogP contribution in [-0.4, -0.2) is 16.8 Å². The lowest BCUT2D eigenvalue weighted by Crippen LogP contribution is -2.11. The zero-order valence-corrected chi connectivity index (χ0v) is 5.23. The lowest BCUT2D eigenvalue weighted by Gasteiger charge is -1.97. The van der Waals surface area contributed by atoms with E-state index in [1.807, 2.05) is 0 Å². The molecule has 1 unspecified atom stereocenters. The van der Waals surface area contributed by atoms with Crippen LogP contribution in [0.3, 0.4) is 0 Å². The molecule has 0 fully saturated rings. The molecule has 0 radical (unpaired) electrons. The molecule has 0 amide bonds. The third-order valence-corrected chi connectivity index (χ3v) is 1.14. The van der Waals surface area contributed by atoms with Crippen molar-refractivity contribution in [2.24, 2.45) is 0 Å². The number of hydrogen-bond acceptors (Lipinski definition) is 4. The molecule has 54 valence electrons. The summed E-state index contributed by atoms with van der Waals surface area (Å²) in [5, 5.41) is 9.95. The summed E-state index contributed by atoms with van der Waals surface area (Å²) in [6, 6.07) is 0. The quantitative estimate of drug-likeness (QED) is 0.385. The first kappa shape index (κ1) is 6.73. The van der Waals surface area contributed by atoms with E-state index in [1.165, 1.54) is 6.92 Å². The fourth-order valence-corrected chi connectivity index (χ4v) is 0.608. The van der Waals surface area contributed by atoms with Crippen LogP contribution in [0.4, 0.5) is 0 Å². The molecule has 0 bridgehead atoms. The second-order valence-corrected chi connectivity index (χ2v) is 1.90. The Morgan fingerprint density at radius 2 is 2.40 bits per heavy atom. The summed E-state index contributed by atoms with van der Waals surface area (Å²) < 4.78 is 4.55. The summed E-state index contributed by atoms with van der Waals surface area (Å²) in [6.45, 7) is 1.47. The van der Waals surface area contributed by atoms with Crippen molar-refractivity contribution in [3.8, 4) is 0 Å². The summed E-state index contributed by atoms with van der Waals surface area (Å²) in [6.07, 6.45) is 0.199. The van der Waals surface area contributed by atoms with Gasteiger partial charge in [0.2, 0.25) is 5.78 Å². The topological polar surface area (TPSA) is 69.4 Å². The summed E-state index contributed by atoms with van der Waals surface area (Å²) in [5.41, 5.74) is 0. The van der Waals surface area contributed by atoms with Gasteiger partial charge < -0.3 is 4.74 Å². The van der Waals surface area contributed by atoms with Crippen LogP contribution < -0.4 is 0 Å². The number of carbonyl (C=O) groups excluding carboxylic acids is 1. The molecule has 1 aliphatic rings. The second-order valence-electron chi connectivity index (χ2n) is 1.90. The summed E-state index contributed by atoms with van der Waals surface area (Å²) in [4.78, 5) is 19.8. The van der Waals surface area contributed by atoms with Gasteiger partial charge >= 0.3 is 5.88 Å². The highest BCUT2D eigenvalue weighted by atomic mass is 16.7. The highest BCUT2D eigenvalue weighted by molar-refractivity contribution is 5.95. The van der Waals surface area contributed by atoms with E-state index >= 15 is 0 Å². The van der Waals surface area contributed by atoms with Crippen LogP contribution in [0.25, 0.3) is 0 Å². The van der Waals surface area contributed by atoms with Gasteiger partial charge in [-0.2, -0.15) is 0 Å². The standard InChI is InChI=1S/C5H5NO4/c1-3-4(7)2-5(10-3)6(8)9/h2-3H,1H3. The molecule has 0 saturated carbocycles. The minimum absolute atomic E-state index is 0.355. The molecule has 1 aliphatic heterocycles. The number of nitro groups is 1. The molecule has 1 atom stereocenters. The zero-order chi connectivity index (χ0) is 7.72. The summed E-state index contributed by atoms with van der Waals surface area (Å²) >= 11 is 0. The Kier molecular flexibility index (Phi) is 1.41. The van der Waals surface area contributed by atoms with E-state index in [-0.39, 0.29) is 5.78 Å². The summed E-state index contributed by atoms with van der Waals surface area (Å²) in [7, 11) is 0. The van der Waals surface area contributed by atoms with E-state index in [9.17, 15) is 14.9 Å². The number of ether oxygens (including phenoxy) is 1. The molecule has 5 nitrogen and oxygen atoms in total. The van der Waals surface area contributed by atoms with Gasteiger partial charge in [-0.15, -0.1) is 0 Å². The van der Waals surface area contributed by atoms with E-state index in [4.69, 9.17) is 0 Å². The predicted octanol–water partition coefficient (Wildman–Crippen LogP) is 0.0923. The molecule has 1 heterocycles. The van der Waals surface area contributed by atoms with Crippen LogP contribution >= 0.6 is 0 Å². The minimum Gasteiger partial charge on any atom is -0.429 e. The molecule has 0 aromatic heterocycles. The summed E-state index contributed by atoms with van der Waals surface area (Å²) in [5.74, 6) is -0.816. The van der Waals surface area contributed by atoms with Crippen molar-refractivity contribution in [2.75, 3.05) is 0 Å². The van der Waals surface area contributed by atoms with E-state index in [0.29, 0.717) is 0 Å². The normalized spacial score (nSPS) is 23.9. The number of hydrogen-bond donors (Lipinski definition) is 0. The number of carbonyl (C=O) groups is 1. The van der Waals surface area contributed by atoms with Gasteiger partial charge in [-0.3, -0.25) is 14.9 Å². The van der Waals surface area contributed by atoms with Crippen molar-refractivity contribution in [3.63, 3.8) is 0 Å². The van der Waals surface area contributed by atoms with Crippen LogP contribution in [0.5, 0.6) is 0 Å². The monoisotopic (exact) mass is 143 g/mol. The highest BCUT2D eigenvalue weighted by Crippen LogP contribution is 2.12. The largest absolute Gasteiger partial charge is 0.432 e. The van der Waals surface area contributed by atoms with E-state index in [2.05, 4.69) is 4.74 Å². The molecule has 0 saturated heterocycles. The maximum Gasteiger partial charge on any atom is 0.432 e. The molecular formula is C5H5NO4. The molecule has 0 aromatic carbocycles. The van der Waals surface area contributed by atoms with Gasteiger partial charge in [0.25, 0.3) is 0 Å². The van der Waals surface area contributed by atoms with E-state index in [0.717, 1.165) is 6.08 Å². The Morgan fingerprint density at radius 1 is 1.80 bits per heavy atom. The molecule has 0 spiro atoms. The maximum atomic E-state index is 10.6. The van der Waals surface area contributed by atoms with E-state index < -0.39 is 16.9 Å². The Labute approximate surface area is 56.4 Å². The third kappa shape index (κ3) is 0.975. The maximum absolute atomic E-state index is 10.6. The van der Waals surface area contributed by atoms with Crippen molar-refractivity contribution in [1.29, 1.82) is 0 Å². The fraction of sp³-hybridized carbons (Fsp3) is 0.400. The third-order valence-electron chi connectivity index (χ3n) is 1.14.